The van der Waals surface area contributed by atoms with Gasteiger partial charge in [-0.3, -0.25) is 9.59 Å². The average Bonchev–Trinajstić information content (AvgIpc) is 3.34. The average molecular weight is 314 g/mol. The van der Waals surface area contributed by atoms with Crippen molar-refractivity contribution in [3.63, 3.8) is 0 Å². The van der Waals surface area contributed by atoms with Crippen LogP contribution in [0.4, 0.5) is 5.69 Å². The van der Waals surface area contributed by atoms with Crippen LogP contribution in [0.5, 0.6) is 0 Å². The van der Waals surface area contributed by atoms with Crippen LogP contribution in [0.15, 0.2) is 18.2 Å². The molecule has 2 fully saturated rings. The summed E-state index contributed by atoms with van der Waals surface area (Å²) in [4.78, 5) is 24.5. The molecule has 2 aliphatic rings. The highest BCUT2D eigenvalue weighted by Crippen LogP contribution is 2.31. The minimum atomic E-state index is 0.0284. The van der Waals surface area contributed by atoms with Gasteiger partial charge in [-0.25, -0.2) is 0 Å². The molecule has 0 saturated heterocycles. The highest BCUT2D eigenvalue weighted by molar-refractivity contribution is 5.93. The fourth-order valence-corrected chi connectivity index (χ4v) is 3.35. The zero-order chi connectivity index (χ0) is 16.4. The van der Waals surface area contributed by atoms with Crippen LogP contribution in [0.25, 0.3) is 0 Å². The van der Waals surface area contributed by atoms with E-state index in [2.05, 4.69) is 16.7 Å². The summed E-state index contributed by atoms with van der Waals surface area (Å²) in [5.74, 6) is 0.417. The molecule has 2 aliphatic carbocycles. The number of hydrogen-bond acceptors (Lipinski definition) is 2. The molecule has 23 heavy (non-hydrogen) atoms. The van der Waals surface area contributed by atoms with E-state index in [4.69, 9.17) is 0 Å². The minimum absolute atomic E-state index is 0.0284. The van der Waals surface area contributed by atoms with Crippen LogP contribution in [-0.2, 0) is 9.59 Å². The first-order chi connectivity index (χ1) is 11.0. The molecule has 0 bridgehead atoms. The Morgan fingerprint density at radius 1 is 0.913 bits per heavy atom. The first-order valence-corrected chi connectivity index (χ1v) is 8.71. The fourth-order valence-electron chi connectivity index (χ4n) is 3.35. The SMILES string of the molecule is Cc1ccc(NC(=O)C2CCC(C(=O)NC3CC3)CC2)c(C)c1. The summed E-state index contributed by atoms with van der Waals surface area (Å²) >= 11 is 0. The van der Waals surface area contributed by atoms with Crippen molar-refractivity contribution >= 4 is 17.5 Å². The standard InChI is InChI=1S/C19H26N2O2/c1-12-3-10-17(13(2)11-12)21-19(23)15-6-4-14(5-7-15)18(22)20-16-8-9-16/h3,10-11,14-16H,4-9H2,1-2H3,(H,20,22)(H,21,23). The molecule has 2 saturated carbocycles. The van der Waals surface area contributed by atoms with E-state index in [1.54, 1.807) is 0 Å². The number of hydrogen-bond donors (Lipinski definition) is 2. The number of anilines is 1. The van der Waals surface area contributed by atoms with Crippen molar-refractivity contribution < 1.29 is 9.59 Å². The molecule has 4 heteroatoms. The summed E-state index contributed by atoms with van der Waals surface area (Å²) in [5.41, 5.74) is 3.19. The predicted molar refractivity (Wildman–Crippen MR) is 91.2 cm³/mol. The second-order valence-electron chi connectivity index (χ2n) is 7.14. The van der Waals surface area contributed by atoms with Crippen LogP contribution in [0.3, 0.4) is 0 Å². The molecule has 0 aromatic heterocycles. The quantitative estimate of drug-likeness (QED) is 0.895. The van der Waals surface area contributed by atoms with E-state index in [1.807, 2.05) is 26.0 Å². The molecule has 0 heterocycles. The van der Waals surface area contributed by atoms with Crippen LogP contribution >= 0.6 is 0 Å². The van der Waals surface area contributed by atoms with E-state index in [-0.39, 0.29) is 23.7 Å². The van der Waals surface area contributed by atoms with Crippen molar-refractivity contribution in [1.82, 2.24) is 5.32 Å². The van der Waals surface area contributed by atoms with E-state index in [0.29, 0.717) is 6.04 Å². The number of amides is 2. The van der Waals surface area contributed by atoms with Crippen LogP contribution < -0.4 is 10.6 Å². The van der Waals surface area contributed by atoms with Gasteiger partial charge >= 0.3 is 0 Å². The first-order valence-electron chi connectivity index (χ1n) is 8.71. The van der Waals surface area contributed by atoms with E-state index in [0.717, 1.165) is 49.8 Å². The third-order valence-corrected chi connectivity index (χ3v) is 5.03. The summed E-state index contributed by atoms with van der Waals surface area (Å²) in [6.45, 7) is 4.06. The van der Waals surface area contributed by atoms with E-state index in [1.165, 1.54) is 5.56 Å². The van der Waals surface area contributed by atoms with E-state index < -0.39 is 0 Å². The lowest BCUT2D eigenvalue weighted by Crippen LogP contribution is -2.36. The zero-order valence-electron chi connectivity index (χ0n) is 14.0. The molecule has 0 unspecified atom stereocenters. The molecule has 1 aromatic carbocycles. The molecule has 4 nitrogen and oxygen atoms in total. The smallest absolute Gasteiger partial charge is 0.227 e. The molecule has 0 spiro atoms. The molecular formula is C19H26N2O2. The van der Waals surface area contributed by atoms with E-state index >= 15 is 0 Å². The Hall–Kier alpha value is -1.84. The van der Waals surface area contributed by atoms with E-state index in [9.17, 15) is 9.59 Å². The topological polar surface area (TPSA) is 58.2 Å². The number of rotatable bonds is 4. The number of aryl methyl sites for hydroxylation is 2. The fraction of sp³-hybridized carbons (Fsp3) is 0.579. The van der Waals surface area contributed by atoms with Gasteiger partial charge in [0.2, 0.25) is 11.8 Å². The Bertz CT molecular complexity index is 599. The molecule has 124 valence electrons. The van der Waals surface area contributed by atoms with Gasteiger partial charge in [0, 0.05) is 23.6 Å². The van der Waals surface area contributed by atoms with Gasteiger partial charge < -0.3 is 10.6 Å². The summed E-state index contributed by atoms with van der Waals surface area (Å²) in [7, 11) is 0. The number of carbonyl (C=O) groups is 2. The van der Waals surface area contributed by atoms with Gasteiger partial charge in [0.25, 0.3) is 0 Å². The monoisotopic (exact) mass is 314 g/mol. The lowest BCUT2D eigenvalue weighted by Gasteiger charge is -2.27. The lowest BCUT2D eigenvalue weighted by atomic mass is 9.81. The van der Waals surface area contributed by atoms with Gasteiger partial charge in [-0.05, 0) is 64.0 Å². The Morgan fingerprint density at radius 2 is 1.52 bits per heavy atom. The summed E-state index contributed by atoms with van der Waals surface area (Å²) < 4.78 is 0. The van der Waals surface area contributed by atoms with Crippen molar-refractivity contribution in [3.8, 4) is 0 Å². The summed E-state index contributed by atoms with van der Waals surface area (Å²) in [6, 6.07) is 6.49. The largest absolute Gasteiger partial charge is 0.353 e. The van der Waals surface area contributed by atoms with Crippen LogP contribution in [0.2, 0.25) is 0 Å². The Kier molecular flexibility index (Phi) is 4.69. The van der Waals surface area contributed by atoms with Crippen molar-refractivity contribution in [1.29, 1.82) is 0 Å². The van der Waals surface area contributed by atoms with Gasteiger partial charge in [0.05, 0.1) is 0 Å². The summed E-state index contributed by atoms with van der Waals surface area (Å²) in [6.07, 6.45) is 5.50. The van der Waals surface area contributed by atoms with Gasteiger partial charge in [-0.2, -0.15) is 0 Å². The van der Waals surface area contributed by atoms with Gasteiger partial charge in [0.15, 0.2) is 0 Å². The molecule has 0 aliphatic heterocycles. The highest BCUT2D eigenvalue weighted by atomic mass is 16.2. The number of nitrogens with one attached hydrogen (secondary N) is 2. The van der Waals surface area contributed by atoms with Crippen molar-refractivity contribution in [3.05, 3.63) is 29.3 Å². The van der Waals surface area contributed by atoms with Crippen molar-refractivity contribution in [2.24, 2.45) is 11.8 Å². The normalized spacial score (nSPS) is 24.1. The third kappa shape index (κ3) is 4.12. The Balaban J connectivity index is 1.50. The van der Waals surface area contributed by atoms with Gasteiger partial charge in [0.1, 0.15) is 0 Å². The van der Waals surface area contributed by atoms with Crippen LogP contribution in [-0.4, -0.2) is 17.9 Å². The van der Waals surface area contributed by atoms with Crippen molar-refractivity contribution in [2.45, 2.75) is 58.4 Å². The molecule has 2 N–H and O–H groups in total. The third-order valence-electron chi connectivity index (χ3n) is 5.03. The molecule has 0 atom stereocenters. The maximum absolute atomic E-state index is 12.5. The van der Waals surface area contributed by atoms with Gasteiger partial charge in [-0.15, -0.1) is 0 Å². The number of benzene rings is 1. The second kappa shape index (κ2) is 6.73. The molecule has 3 rings (SSSR count). The highest BCUT2D eigenvalue weighted by Gasteiger charge is 2.32. The Morgan fingerprint density at radius 3 is 2.09 bits per heavy atom. The zero-order valence-corrected chi connectivity index (χ0v) is 14.0. The molecular weight excluding hydrogens is 288 g/mol. The molecule has 1 aromatic rings. The van der Waals surface area contributed by atoms with Crippen LogP contribution in [0, 0.1) is 25.7 Å². The number of carbonyl (C=O) groups excluding carboxylic acids is 2. The second-order valence-corrected chi connectivity index (χ2v) is 7.14. The lowest BCUT2D eigenvalue weighted by molar-refractivity contribution is -0.128. The molecule has 2 amide bonds. The Labute approximate surface area is 138 Å². The first kappa shape index (κ1) is 16.0. The maximum atomic E-state index is 12.5. The predicted octanol–water partition coefficient (Wildman–Crippen LogP) is 3.33. The minimum Gasteiger partial charge on any atom is -0.353 e. The maximum Gasteiger partial charge on any atom is 0.227 e. The molecule has 0 radical (unpaired) electrons. The van der Waals surface area contributed by atoms with Crippen LogP contribution in [0.1, 0.15) is 49.7 Å². The van der Waals surface area contributed by atoms with Gasteiger partial charge in [-0.1, -0.05) is 17.7 Å². The summed E-state index contributed by atoms with van der Waals surface area (Å²) in [5, 5.41) is 6.13. The van der Waals surface area contributed by atoms with Crippen molar-refractivity contribution in [2.75, 3.05) is 5.32 Å².